The molecule has 0 spiro atoms. The van der Waals surface area contributed by atoms with E-state index < -0.39 is 0 Å². The predicted octanol–water partition coefficient (Wildman–Crippen LogP) is 0.668. The first kappa shape index (κ1) is 11.9. The van der Waals surface area contributed by atoms with Crippen LogP contribution in [0.25, 0.3) is 0 Å². The molecule has 0 saturated carbocycles. The molecule has 0 aromatic heterocycles. The average molecular weight is 226 g/mol. The van der Waals surface area contributed by atoms with Gasteiger partial charge in [0.05, 0.1) is 18.6 Å². The van der Waals surface area contributed by atoms with E-state index in [4.69, 9.17) is 4.74 Å². The Balaban J connectivity index is 1.78. The first-order valence-corrected chi connectivity index (χ1v) is 6.30. The van der Waals surface area contributed by atoms with Crippen LogP contribution in [-0.4, -0.2) is 37.2 Å². The van der Waals surface area contributed by atoms with Crippen LogP contribution in [0.5, 0.6) is 0 Å². The number of ether oxygens (including phenoxy) is 1. The van der Waals surface area contributed by atoms with E-state index in [1.165, 1.54) is 0 Å². The van der Waals surface area contributed by atoms with Gasteiger partial charge < -0.3 is 15.4 Å². The molecule has 2 fully saturated rings. The molecule has 0 aromatic carbocycles. The maximum atomic E-state index is 12.0. The fraction of sp³-hybridized carbons (Fsp3) is 0.917. The number of piperidine rings is 1. The molecule has 2 heterocycles. The molecule has 0 bridgehead atoms. The molecule has 2 N–H and O–H groups in total. The number of amides is 1. The van der Waals surface area contributed by atoms with Crippen molar-refractivity contribution in [2.75, 3.05) is 13.2 Å². The largest absolute Gasteiger partial charge is 0.378 e. The van der Waals surface area contributed by atoms with Crippen LogP contribution in [0.3, 0.4) is 0 Å². The number of carbonyl (C=O) groups is 1. The molecule has 2 rings (SSSR count). The molecule has 2 aliphatic heterocycles. The highest BCUT2D eigenvalue weighted by Crippen LogP contribution is 2.20. The number of carbonyl (C=O) groups excluding carboxylic acids is 1. The lowest BCUT2D eigenvalue weighted by molar-refractivity contribution is -0.125. The first-order valence-electron chi connectivity index (χ1n) is 6.30. The Morgan fingerprint density at radius 3 is 2.81 bits per heavy atom. The van der Waals surface area contributed by atoms with Crippen molar-refractivity contribution in [3.8, 4) is 0 Å². The van der Waals surface area contributed by atoms with Gasteiger partial charge >= 0.3 is 0 Å². The molecule has 2 aliphatic rings. The molecule has 4 atom stereocenters. The Bertz CT molecular complexity index is 257. The first-order chi connectivity index (χ1) is 7.65. The third-order valence-electron chi connectivity index (χ3n) is 3.54. The third kappa shape index (κ3) is 2.95. The van der Waals surface area contributed by atoms with Crippen molar-refractivity contribution >= 4 is 5.91 Å². The molecule has 4 heteroatoms. The lowest BCUT2D eigenvalue weighted by Crippen LogP contribution is -2.48. The second kappa shape index (κ2) is 5.15. The van der Waals surface area contributed by atoms with E-state index in [0.717, 1.165) is 25.8 Å². The number of rotatable bonds is 2. The summed E-state index contributed by atoms with van der Waals surface area (Å²) in [6.07, 6.45) is 3.18. The summed E-state index contributed by atoms with van der Waals surface area (Å²) >= 11 is 0. The van der Waals surface area contributed by atoms with Crippen molar-refractivity contribution < 1.29 is 9.53 Å². The lowest BCUT2D eigenvalue weighted by Gasteiger charge is -2.29. The zero-order valence-electron chi connectivity index (χ0n) is 10.2. The predicted molar refractivity (Wildman–Crippen MR) is 62.2 cm³/mol. The Kier molecular flexibility index (Phi) is 3.82. The van der Waals surface area contributed by atoms with Gasteiger partial charge in [0.25, 0.3) is 0 Å². The van der Waals surface area contributed by atoms with Gasteiger partial charge in [0.1, 0.15) is 0 Å². The highest BCUT2D eigenvalue weighted by molar-refractivity contribution is 5.79. The van der Waals surface area contributed by atoms with E-state index in [2.05, 4.69) is 17.6 Å². The zero-order valence-corrected chi connectivity index (χ0v) is 10.2. The molecule has 0 aliphatic carbocycles. The second-order valence-corrected chi connectivity index (χ2v) is 5.16. The molecule has 92 valence electrons. The normalized spacial score (nSPS) is 39.6. The minimum atomic E-state index is 0.0696. The van der Waals surface area contributed by atoms with Crippen LogP contribution in [0, 0.1) is 5.92 Å². The van der Waals surface area contributed by atoms with E-state index >= 15 is 0 Å². The van der Waals surface area contributed by atoms with E-state index in [1.807, 2.05) is 6.92 Å². The Morgan fingerprint density at radius 2 is 2.19 bits per heavy atom. The smallest absolute Gasteiger partial charge is 0.225 e. The molecule has 0 radical (unpaired) electrons. The van der Waals surface area contributed by atoms with Gasteiger partial charge in [0.2, 0.25) is 5.91 Å². The van der Waals surface area contributed by atoms with Gasteiger partial charge in [-0.05, 0) is 39.7 Å². The Labute approximate surface area is 97.1 Å². The average Bonchev–Trinajstić information content (AvgIpc) is 2.65. The van der Waals surface area contributed by atoms with E-state index in [0.29, 0.717) is 18.7 Å². The summed E-state index contributed by atoms with van der Waals surface area (Å²) in [4.78, 5) is 12.0. The standard InChI is InChI=1S/C12H22N2O2/c1-8-5-11(3-4-13-8)14-12(15)10-6-9(2)16-7-10/h8-11,13H,3-7H2,1-2H3,(H,14,15). The van der Waals surface area contributed by atoms with Gasteiger partial charge in [-0.15, -0.1) is 0 Å². The minimum absolute atomic E-state index is 0.0696. The Hall–Kier alpha value is -0.610. The van der Waals surface area contributed by atoms with Gasteiger partial charge in [0.15, 0.2) is 0 Å². The summed E-state index contributed by atoms with van der Waals surface area (Å²) in [7, 11) is 0. The van der Waals surface area contributed by atoms with Crippen LogP contribution in [-0.2, 0) is 9.53 Å². The summed E-state index contributed by atoms with van der Waals surface area (Å²) < 4.78 is 5.42. The fourth-order valence-electron chi connectivity index (χ4n) is 2.58. The molecule has 0 aromatic rings. The molecular formula is C12H22N2O2. The van der Waals surface area contributed by atoms with Crippen molar-refractivity contribution in [2.45, 2.75) is 51.3 Å². The topological polar surface area (TPSA) is 50.4 Å². The summed E-state index contributed by atoms with van der Waals surface area (Å²) in [5, 5.41) is 6.54. The summed E-state index contributed by atoms with van der Waals surface area (Å²) in [6, 6.07) is 0.859. The van der Waals surface area contributed by atoms with Crippen molar-refractivity contribution in [3.63, 3.8) is 0 Å². The Morgan fingerprint density at radius 1 is 1.38 bits per heavy atom. The van der Waals surface area contributed by atoms with Gasteiger partial charge in [-0.25, -0.2) is 0 Å². The maximum absolute atomic E-state index is 12.0. The van der Waals surface area contributed by atoms with Crippen molar-refractivity contribution in [3.05, 3.63) is 0 Å². The zero-order chi connectivity index (χ0) is 11.5. The summed E-state index contributed by atoms with van der Waals surface area (Å²) in [5.41, 5.74) is 0. The highest BCUT2D eigenvalue weighted by Gasteiger charge is 2.30. The van der Waals surface area contributed by atoms with Crippen molar-refractivity contribution in [2.24, 2.45) is 5.92 Å². The van der Waals surface area contributed by atoms with Gasteiger partial charge in [-0.1, -0.05) is 0 Å². The molecule has 1 amide bonds. The van der Waals surface area contributed by atoms with E-state index in [1.54, 1.807) is 0 Å². The van der Waals surface area contributed by atoms with Crippen LogP contribution in [0.2, 0.25) is 0 Å². The highest BCUT2D eigenvalue weighted by atomic mass is 16.5. The molecule has 2 saturated heterocycles. The molecule has 4 nitrogen and oxygen atoms in total. The summed E-state index contributed by atoms with van der Waals surface area (Å²) in [5.74, 6) is 0.253. The lowest BCUT2D eigenvalue weighted by atomic mass is 9.99. The minimum Gasteiger partial charge on any atom is -0.378 e. The van der Waals surface area contributed by atoms with Gasteiger partial charge in [0, 0.05) is 12.1 Å². The van der Waals surface area contributed by atoms with Crippen molar-refractivity contribution in [1.82, 2.24) is 10.6 Å². The second-order valence-electron chi connectivity index (χ2n) is 5.16. The van der Waals surface area contributed by atoms with Gasteiger partial charge in [-0.3, -0.25) is 4.79 Å². The van der Waals surface area contributed by atoms with Crippen LogP contribution >= 0.6 is 0 Å². The van der Waals surface area contributed by atoms with Crippen LogP contribution in [0.15, 0.2) is 0 Å². The molecule has 16 heavy (non-hydrogen) atoms. The molecule has 4 unspecified atom stereocenters. The van der Waals surface area contributed by atoms with Gasteiger partial charge in [-0.2, -0.15) is 0 Å². The maximum Gasteiger partial charge on any atom is 0.225 e. The monoisotopic (exact) mass is 226 g/mol. The summed E-state index contributed by atoms with van der Waals surface area (Å²) in [6.45, 7) is 5.79. The van der Waals surface area contributed by atoms with Crippen LogP contribution in [0.4, 0.5) is 0 Å². The van der Waals surface area contributed by atoms with Crippen LogP contribution < -0.4 is 10.6 Å². The number of hydrogen-bond acceptors (Lipinski definition) is 3. The van der Waals surface area contributed by atoms with Crippen LogP contribution in [0.1, 0.15) is 33.1 Å². The quantitative estimate of drug-likeness (QED) is 0.727. The fourth-order valence-corrected chi connectivity index (χ4v) is 2.58. The van der Waals surface area contributed by atoms with E-state index in [-0.39, 0.29) is 17.9 Å². The van der Waals surface area contributed by atoms with E-state index in [9.17, 15) is 4.79 Å². The third-order valence-corrected chi connectivity index (χ3v) is 3.54. The SMILES string of the molecule is CC1CC(NC(=O)C2COC(C)C2)CCN1. The number of hydrogen-bond donors (Lipinski definition) is 2. The number of nitrogens with one attached hydrogen (secondary N) is 2. The van der Waals surface area contributed by atoms with Crippen molar-refractivity contribution in [1.29, 1.82) is 0 Å². The molecular weight excluding hydrogens is 204 g/mol.